The SMILES string of the molecule is CCNC(=O)[C@@H](Cc1ccccc1)N(Cc1ccccc1F)C(=O)CCc1ccc(C(C)(C)C)cc1. The summed E-state index contributed by atoms with van der Waals surface area (Å²) in [4.78, 5) is 28.3. The Labute approximate surface area is 214 Å². The Hall–Kier alpha value is -3.47. The van der Waals surface area contributed by atoms with E-state index in [4.69, 9.17) is 0 Å². The normalized spacial score (nSPS) is 12.1. The number of benzene rings is 3. The van der Waals surface area contributed by atoms with Crippen molar-refractivity contribution >= 4 is 11.8 Å². The van der Waals surface area contributed by atoms with Crippen molar-refractivity contribution in [1.82, 2.24) is 10.2 Å². The van der Waals surface area contributed by atoms with Crippen molar-refractivity contribution in [3.63, 3.8) is 0 Å². The second-order valence-electron chi connectivity index (χ2n) is 10.2. The van der Waals surface area contributed by atoms with Crippen LogP contribution in [0.4, 0.5) is 4.39 Å². The summed E-state index contributed by atoms with van der Waals surface area (Å²) in [5.74, 6) is -0.798. The Balaban J connectivity index is 1.86. The Kier molecular flexibility index (Phi) is 9.40. The summed E-state index contributed by atoms with van der Waals surface area (Å²) in [6.07, 6.45) is 1.13. The predicted octanol–water partition coefficient (Wildman–Crippen LogP) is 5.83. The maximum absolute atomic E-state index is 14.6. The molecular formula is C31H37FN2O2. The number of hydrogen-bond acceptors (Lipinski definition) is 2. The molecule has 3 aromatic carbocycles. The third-order valence-corrected chi connectivity index (χ3v) is 6.37. The smallest absolute Gasteiger partial charge is 0.243 e. The van der Waals surface area contributed by atoms with E-state index in [0.717, 1.165) is 11.1 Å². The number of carbonyl (C=O) groups is 2. The molecule has 3 aromatic rings. The van der Waals surface area contributed by atoms with Crippen LogP contribution >= 0.6 is 0 Å². The van der Waals surface area contributed by atoms with E-state index in [9.17, 15) is 14.0 Å². The van der Waals surface area contributed by atoms with Gasteiger partial charge in [0.25, 0.3) is 0 Å². The van der Waals surface area contributed by atoms with Gasteiger partial charge in [0.05, 0.1) is 0 Å². The molecule has 1 N–H and O–H groups in total. The van der Waals surface area contributed by atoms with Crippen LogP contribution in [-0.4, -0.2) is 29.3 Å². The lowest BCUT2D eigenvalue weighted by molar-refractivity contribution is -0.141. The van der Waals surface area contributed by atoms with Crippen LogP contribution in [0.3, 0.4) is 0 Å². The summed E-state index contributed by atoms with van der Waals surface area (Å²) in [6, 6.07) is 23.6. The molecule has 0 fully saturated rings. The summed E-state index contributed by atoms with van der Waals surface area (Å²) < 4.78 is 14.6. The number of nitrogens with one attached hydrogen (secondary N) is 1. The zero-order valence-corrected chi connectivity index (χ0v) is 21.8. The van der Waals surface area contributed by atoms with E-state index in [1.54, 1.807) is 23.1 Å². The highest BCUT2D eigenvalue weighted by Gasteiger charge is 2.30. The van der Waals surface area contributed by atoms with E-state index in [0.29, 0.717) is 24.9 Å². The Morgan fingerprint density at radius 1 is 0.889 bits per heavy atom. The van der Waals surface area contributed by atoms with Crippen molar-refractivity contribution in [2.45, 2.75) is 65.0 Å². The number of carbonyl (C=O) groups excluding carboxylic acids is 2. The Bertz CT molecular complexity index is 1140. The van der Waals surface area contributed by atoms with Crippen molar-refractivity contribution < 1.29 is 14.0 Å². The molecular weight excluding hydrogens is 451 g/mol. The molecule has 4 nitrogen and oxygen atoms in total. The first-order chi connectivity index (χ1) is 17.2. The zero-order chi connectivity index (χ0) is 26.1. The van der Waals surface area contributed by atoms with Gasteiger partial charge in [-0.3, -0.25) is 9.59 Å². The van der Waals surface area contributed by atoms with E-state index in [2.05, 4.69) is 50.4 Å². The Morgan fingerprint density at radius 3 is 2.14 bits per heavy atom. The summed E-state index contributed by atoms with van der Waals surface area (Å²) in [5.41, 5.74) is 3.68. The monoisotopic (exact) mass is 488 g/mol. The Morgan fingerprint density at radius 2 is 1.53 bits per heavy atom. The minimum Gasteiger partial charge on any atom is -0.355 e. The first kappa shape index (κ1) is 27.1. The number of rotatable bonds is 10. The van der Waals surface area contributed by atoms with E-state index in [-0.39, 0.29) is 36.0 Å². The van der Waals surface area contributed by atoms with Gasteiger partial charge < -0.3 is 10.2 Å². The summed E-state index contributed by atoms with van der Waals surface area (Å²) in [5, 5.41) is 2.87. The number of hydrogen-bond donors (Lipinski definition) is 1. The van der Waals surface area contributed by atoms with Crippen molar-refractivity contribution in [3.8, 4) is 0 Å². The fraction of sp³-hybridized carbons (Fsp3) is 0.355. The van der Waals surface area contributed by atoms with Crippen molar-refractivity contribution in [2.24, 2.45) is 0 Å². The van der Waals surface area contributed by atoms with Crippen LogP contribution in [0.15, 0.2) is 78.9 Å². The van der Waals surface area contributed by atoms with Gasteiger partial charge in [0, 0.05) is 31.5 Å². The number of aryl methyl sites for hydroxylation is 1. The molecule has 0 saturated heterocycles. The van der Waals surface area contributed by atoms with Gasteiger partial charge in [-0.1, -0.05) is 93.6 Å². The quantitative estimate of drug-likeness (QED) is 0.390. The van der Waals surface area contributed by atoms with Crippen LogP contribution in [0, 0.1) is 5.82 Å². The highest BCUT2D eigenvalue weighted by Crippen LogP contribution is 2.23. The van der Waals surface area contributed by atoms with Gasteiger partial charge in [-0.05, 0) is 41.5 Å². The number of amides is 2. The minimum atomic E-state index is -0.747. The lowest BCUT2D eigenvalue weighted by Crippen LogP contribution is -2.50. The summed E-state index contributed by atoms with van der Waals surface area (Å²) in [7, 11) is 0. The molecule has 0 saturated carbocycles. The summed E-state index contributed by atoms with van der Waals surface area (Å²) in [6.45, 7) is 8.83. The molecule has 0 spiro atoms. The largest absolute Gasteiger partial charge is 0.355 e. The molecule has 0 heterocycles. The van der Waals surface area contributed by atoms with Crippen LogP contribution in [0.2, 0.25) is 0 Å². The first-order valence-electron chi connectivity index (χ1n) is 12.6. The van der Waals surface area contributed by atoms with Gasteiger partial charge in [0.1, 0.15) is 11.9 Å². The maximum Gasteiger partial charge on any atom is 0.243 e. The average Bonchev–Trinajstić information content (AvgIpc) is 2.86. The van der Waals surface area contributed by atoms with Crippen molar-refractivity contribution in [3.05, 3.63) is 107 Å². The molecule has 0 aliphatic rings. The zero-order valence-electron chi connectivity index (χ0n) is 21.8. The molecule has 0 aliphatic carbocycles. The van der Waals surface area contributed by atoms with Crippen LogP contribution in [0.5, 0.6) is 0 Å². The van der Waals surface area contributed by atoms with Crippen LogP contribution in [-0.2, 0) is 34.4 Å². The highest BCUT2D eigenvalue weighted by molar-refractivity contribution is 5.88. The molecule has 0 aliphatic heterocycles. The fourth-order valence-electron chi connectivity index (χ4n) is 4.22. The molecule has 2 amide bonds. The molecule has 0 bridgehead atoms. The molecule has 190 valence electrons. The van der Waals surface area contributed by atoms with Gasteiger partial charge in [-0.2, -0.15) is 0 Å². The molecule has 3 rings (SSSR count). The van der Waals surface area contributed by atoms with Crippen molar-refractivity contribution in [2.75, 3.05) is 6.54 Å². The predicted molar refractivity (Wildman–Crippen MR) is 143 cm³/mol. The van der Waals surface area contributed by atoms with Gasteiger partial charge in [0.15, 0.2) is 0 Å². The average molecular weight is 489 g/mol. The maximum atomic E-state index is 14.6. The first-order valence-corrected chi connectivity index (χ1v) is 12.6. The van der Waals surface area contributed by atoms with Gasteiger partial charge in [0.2, 0.25) is 11.8 Å². The second-order valence-corrected chi connectivity index (χ2v) is 10.2. The standard InChI is InChI=1S/C31H37FN2O2/c1-5-33-30(36)28(21-24-11-7-6-8-12-24)34(22-25-13-9-10-14-27(25)32)29(35)20-17-23-15-18-26(19-16-23)31(2,3)4/h6-16,18-19,28H,5,17,20-22H2,1-4H3,(H,33,36)/t28-/m1/s1. The molecule has 0 aromatic heterocycles. The van der Waals surface area contributed by atoms with E-state index >= 15 is 0 Å². The second kappa shape index (κ2) is 12.5. The molecule has 5 heteroatoms. The van der Waals surface area contributed by atoms with E-state index < -0.39 is 6.04 Å². The van der Waals surface area contributed by atoms with Gasteiger partial charge in [-0.15, -0.1) is 0 Å². The molecule has 36 heavy (non-hydrogen) atoms. The van der Waals surface area contributed by atoms with Crippen molar-refractivity contribution in [1.29, 1.82) is 0 Å². The number of halogens is 1. The van der Waals surface area contributed by atoms with Crippen LogP contribution < -0.4 is 5.32 Å². The topological polar surface area (TPSA) is 49.4 Å². The number of likely N-dealkylation sites (N-methyl/N-ethyl adjacent to an activating group) is 1. The lowest BCUT2D eigenvalue weighted by atomic mass is 9.86. The lowest BCUT2D eigenvalue weighted by Gasteiger charge is -2.31. The van der Waals surface area contributed by atoms with Crippen LogP contribution in [0.1, 0.15) is 56.4 Å². The summed E-state index contributed by atoms with van der Waals surface area (Å²) >= 11 is 0. The molecule has 0 radical (unpaired) electrons. The van der Waals surface area contributed by atoms with Gasteiger partial charge in [-0.25, -0.2) is 4.39 Å². The van der Waals surface area contributed by atoms with E-state index in [1.165, 1.54) is 11.6 Å². The molecule has 0 unspecified atom stereocenters. The highest BCUT2D eigenvalue weighted by atomic mass is 19.1. The van der Waals surface area contributed by atoms with Gasteiger partial charge >= 0.3 is 0 Å². The molecule has 1 atom stereocenters. The van der Waals surface area contributed by atoms with E-state index in [1.807, 2.05) is 37.3 Å². The third kappa shape index (κ3) is 7.51. The number of nitrogens with zero attached hydrogens (tertiary/aromatic N) is 1. The minimum absolute atomic E-state index is 0.0309. The third-order valence-electron chi connectivity index (χ3n) is 6.37. The van der Waals surface area contributed by atoms with Crippen LogP contribution in [0.25, 0.3) is 0 Å². The fourth-order valence-corrected chi connectivity index (χ4v) is 4.22.